The van der Waals surface area contributed by atoms with Crippen LogP contribution in [0.15, 0.2) is 71.3 Å². The molecule has 4 aromatic rings. The highest BCUT2D eigenvalue weighted by atomic mass is 35.5. The molecule has 0 spiro atoms. The lowest BCUT2D eigenvalue weighted by Gasteiger charge is -2.07. The third-order valence-corrected chi connectivity index (χ3v) is 4.94. The standard InChI is InChI=1S/C23H21ClN2O2/c1-27-22-13-16(15-25-11-9-18-6-4-5-10-26-18)12-17-14-21(28-23(17)22)19-7-2-3-8-20(19)24/h2-8,10,12-14,25H,9,11,15H2,1H3. The van der Waals surface area contributed by atoms with E-state index in [4.69, 9.17) is 20.8 Å². The van der Waals surface area contributed by atoms with Crippen LogP contribution in [0.4, 0.5) is 0 Å². The number of aromatic nitrogens is 1. The molecule has 0 saturated carbocycles. The fraction of sp³-hybridized carbons (Fsp3) is 0.174. The number of ether oxygens (including phenoxy) is 1. The fourth-order valence-corrected chi connectivity index (χ4v) is 3.45. The normalized spacial score (nSPS) is 11.1. The molecule has 2 aromatic carbocycles. The first-order valence-corrected chi connectivity index (χ1v) is 9.58. The van der Waals surface area contributed by atoms with E-state index in [0.29, 0.717) is 5.02 Å². The van der Waals surface area contributed by atoms with Crippen LogP contribution in [0.5, 0.6) is 5.75 Å². The topological polar surface area (TPSA) is 47.3 Å². The van der Waals surface area contributed by atoms with E-state index >= 15 is 0 Å². The minimum absolute atomic E-state index is 0.664. The van der Waals surface area contributed by atoms with Gasteiger partial charge < -0.3 is 14.5 Å². The number of pyridine rings is 1. The second-order valence-corrected chi connectivity index (χ2v) is 6.96. The van der Waals surface area contributed by atoms with Gasteiger partial charge in [-0.2, -0.15) is 0 Å². The molecule has 0 radical (unpaired) electrons. The average Bonchev–Trinajstić information content (AvgIpc) is 3.15. The molecule has 0 aliphatic heterocycles. The van der Waals surface area contributed by atoms with Crippen LogP contribution in [-0.2, 0) is 13.0 Å². The van der Waals surface area contributed by atoms with Gasteiger partial charge in [0.2, 0.25) is 0 Å². The molecule has 2 aromatic heterocycles. The van der Waals surface area contributed by atoms with Crippen molar-refractivity contribution in [2.45, 2.75) is 13.0 Å². The zero-order valence-corrected chi connectivity index (χ0v) is 16.4. The molecular formula is C23H21ClN2O2. The SMILES string of the molecule is COc1cc(CNCCc2ccccn2)cc2cc(-c3ccccc3Cl)oc12. The van der Waals surface area contributed by atoms with Gasteiger partial charge in [-0.3, -0.25) is 4.98 Å². The number of benzene rings is 2. The lowest BCUT2D eigenvalue weighted by atomic mass is 10.1. The molecular weight excluding hydrogens is 372 g/mol. The maximum atomic E-state index is 6.32. The van der Waals surface area contributed by atoms with Crippen molar-refractivity contribution in [1.82, 2.24) is 10.3 Å². The zero-order valence-electron chi connectivity index (χ0n) is 15.6. The largest absolute Gasteiger partial charge is 0.493 e. The van der Waals surface area contributed by atoms with Crippen LogP contribution in [0.1, 0.15) is 11.3 Å². The number of nitrogens with one attached hydrogen (secondary N) is 1. The quantitative estimate of drug-likeness (QED) is 0.422. The van der Waals surface area contributed by atoms with Crippen LogP contribution in [-0.4, -0.2) is 18.6 Å². The maximum Gasteiger partial charge on any atom is 0.176 e. The van der Waals surface area contributed by atoms with E-state index in [2.05, 4.69) is 16.4 Å². The van der Waals surface area contributed by atoms with E-state index in [1.54, 1.807) is 7.11 Å². The van der Waals surface area contributed by atoms with Crippen LogP contribution in [0.2, 0.25) is 5.02 Å². The molecule has 0 aliphatic rings. The Bertz CT molecular complexity index is 1080. The molecule has 0 amide bonds. The van der Waals surface area contributed by atoms with Gasteiger partial charge in [-0.05, 0) is 48.0 Å². The summed E-state index contributed by atoms with van der Waals surface area (Å²) in [4.78, 5) is 4.35. The summed E-state index contributed by atoms with van der Waals surface area (Å²) in [6, 6.07) is 19.8. The van der Waals surface area contributed by atoms with Gasteiger partial charge in [0.05, 0.1) is 12.1 Å². The van der Waals surface area contributed by atoms with Gasteiger partial charge in [-0.15, -0.1) is 0 Å². The highest BCUT2D eigenvalue weighted by molar-refractivity contribution is 6.33. The summed E-state index contributed by atoms with van der Waals surface area (Å²) in [5, 5.41) is 5.13. The van der Waals surface area contributed by atoms with E-state index in [0.717, 1.165) is 58.8 Å². The van der Waals surface area contributed by atoms with Gasteiger partial charge in [0.1, 0.15) is 5.76 Å². The van der Waals surface area contributed by atoms with E-state index in [-0.39, 0.29) is 0 Å². The summed E-state index contributed by atoms with van der Waals surface area (Å²) < 4.78 is 11.6. The first-order chi connectivity index (χ1) is 13.7. The zero-order chi connectivity index (χ0) is 19.3. The predicted octanol–water partition coefficient (Wildman–Crippen LogP) is 5.49. The van der Waals surface area contributed by atoms with Crippen molar-refractivity contribution >= 4 is 22.6 Å². The first-order valence-electron chi connectivity index (χ1n) is 9.20. The summed E-state index contributed by atoms with van der Waals surface area (Å²) >= 11 is 6.32. The first kappa shape index (κ1) is 18.5. The Balaban J connectivity index is 1.52. The van der Waals surface area contributed by atoms with Crippen molar-refractivity contribution in [2.24, 2.45) is 0 Å². The number of nitrogens with zero attached hydrogens (tertiary/aromatic N) is 1. The molecule has 0 fully saturated rings. The van der Waals surface area contributed by atoms with E-state index in [1.165, 1.54) is 0 Å². The number of hydrogen-bond acceptors (Lipinski definition) is 4. The molecule has 0 aliphatic carbocycles. The third-order valence-electron chi connectivity index (χ3n) is 4.61. The Hall–Kier alpha value is -2.82. The van der Waals surface area contributed by atoms with E-state index < -0.39 is 0 Å². The molecule has 0 unspecified atom stereocenters. The third kappa shape index (κ3) is 4.03. The van der Waals surface area contributed by atoms with Crippen LogP contribution in [0, 0.1) is 0 Å². The van der Waals surface area contributed by atoms with Crippen LogP contribution in [0.3, 0.4) is 0 Å². The van der Waals surface area contributed by atoms with Gasteiger partial charge in [0, 0.05) is 42.4 Å². The Morgan fingerprint density at radius 2 is 1.93 bits per heavy atom. The summed E-state index contributed by atoms with van der Waals surface area (Å²) in [6.07, 6.45) is 2.71. The Morgan fingerprint density at radius 3 is 2.71 bits per heavy atom. The summed E-state index contributed by atoms with van der Waals surface area (Å²) in [6.45, 7) is 1.60. The maximum absolute atomic E-state index is 6.32. The molecule has 28 heavy (non-hydrogen) atoms. The average molecular weight is 393 g/mol. The van der Waals surface area contributed by atoms with Crippen molar-refractivity contribution in [3.05, 3.63) is 83.1 Å². The molecule has 0 atom stereocenters. The highest BCUT2D eigenvalue weighted by Gasteiger charge is 2.14. The van der Waals surface area contributed by atoms with Crippen molar-refractivity contribution in [3.63, 3.8) is 0 Å². The second kappa shape index (κ2) is 8.46. The summed E-state index contributed by atoms with van der Waals surface area (Å²) in [7, 11) is 1.66. The van der Waals surface area contributed by atoms with Crippen molar-refractivity contribution in [3.8, 4) is 17.1 Å². The van der Waals surface area contributed by atoms with Crippen molar-refractivity contribution in [1.29, 1.82) is 0 Å². The van der Waals surface area contributed by atoms with E-state index in [1.807, 2.05) is 60.8 Å². The van der Waals surface area contributed by atoms with E-state index in [9.17, 15) is 0 Å². The van der Waals surface area contributed by atoms with Crippen LogP contribution in [0.25, 0.3) is 22.3 Å². The highest BCUT2D eigenvalue weighted by Crippen LogP contribution is 2.36. The molecule has 0 saturated heterocycles. The van der Waals surface area contributed by atoms with Gasteiger partial charge in [0.25, 0.3) is 0 Å². The predicted molar refractivity (Wildman–Crippen MR) is 113 cm³/mol. The molecule has 2 heterocycles. The summed E-state index contributed by atoms with van der Waals surface area (Å²) in [5.41, 5.74) is 3.83. The van der Waals surface area contributed by atoms with Crippen LogP contribution < -0.4 is 10.1 Å². The fourth-order valence-electron chi connectivity index (χ4n) is 3.22. The second-order valence-electron chi connectivity index (χ2n) is 6.55. The van der Waals surface area contributed by atoms with Crippen molar-refractivity contribution in [2.75, 3.05) is 13.7 Å². The Labute approximate surface area is 169 Å². The van der Waals surface area contributed by atoms with Gasteiger partial charge in [0.15, 0.2) is 11.3 Å². The number of hydrogen-bond donors (Lipinski definition) is 1. The van der Waals surface area contributed by atoms with Crippen LogP contribution >= 0.6 is 11.6 Å². The molecule has 4 nitrogen and oxygen atoms in total. The smallest absolute Gasteiger partial charge is 0.176 e. The minimum atomic E-state index is 0.664. The number of methoxy groups -OCH3 is 1. The number of fused-ring (bicyclic) bond motifs is 1. The molecule has 0 bridgehead atoms. The van der Waals surface area contributed by atoms with Crippen molar-refractivity contribution < 1.29 is 9.15 Å². The number of furan rings is 1. The lowest BCUT2D eigenvalue weighted by Crippen LogP contribution is -2.17. The Morgan fingerprint density at radius 1 is 1.07 bits per heavy atom. The monoisotopic (exact) mass is 392 g/mol. The molecule has 1 N–H and O–H groups in total. The minimum Gasteiger partial charge on any atom is -0.493 e. The molecule has 4 rings (SSSR count). The van der Waals surface area contributed by atoms with Gasteiger partial charge in [-0.1, -0.05) is 29.8 Å². The lowest BCUT2D eigenvalue weighted by molar-refractivity contribution is 0.410. The molecule has 142 valence electrons. The number of rotatable bonds is 7. The summed E-state index contributed by atoms with van der Waals surface area (Å²) in [5.74, 6) is 1.46. The Kier molecular flexibility index (Phi) is 5.60. The molecule has 5 heteroatoms. The number of halogens is 1. The van der Waals surface area contributed by atoms with Gasteiger partial charge in [-0.25, -0.2) is 0 Å². The van der Waals surface area contributed by atoms with Gasteiger partial charge >= 0.3 is 0 Å².